The Kier molecular flexibility index (Phi) is 1.86. The lowest BCUT2D eigenvalue weighted by Gasteiger charge is -2.27. The molecule has 0 radical (unpaired) electrons. The summed E-state index contributed by atoms with van der Waals surface area (Å²) in [5.74, 6) is 0.289. The number of hydrogen-bond acceptors (Lipinski definition) is 3. The topological polar surface area (TPSA) is 59.1 Å². The van der Waals surface area contributed by atoms with Crippen LogP contribution in [0.3, 0.4) is 0 Å². The minimum atomic E-state index is -0.557. The van der Waals surface area contributed by atoms with Crippen molar-refractivity contribution in [2.45, 2.75) is 18.9 Å². The van der Waals surface area contributed by atoms with Crippen LogP contribution in [0.15, 0.2) is 18.5 Å². The average Bonchev–Trinajstić information content (AvgIpc) is 2.41. The van der Waals surface area contributed by atoms with Gasteiger partial charge in [0.1, 0.15) is 0 Å². The van der Waals surface area contributed by atoms with E-state index in [4.69, 9.17) is 5.73 Å². The van der Waals surface area contributed by atoms with Crippen LogP contribution in [0.5, 0.6) is 0 Å². The normalized spacial score (nSPS) is 31.8. The number of pyridine rings is 1. The van der Waals surface area contributed by atoms with E-state index in [1.54, 1.807) is 6.20 Å². The van der Waals surface area contributed by atoms with E-state index in [0.717, 1.165) is 12.0 Å². The molecule has 0 saturated carbocycles. The molecule has 3 heteroatoms. The second-order valence-corrected chi connectivity index (χ2v) is 3.84. The van der Waals surface area contributed by atoms with Crippen molar-refractivity contribution in [1.82, 2.24) is 4.98 Å². The molecule has 0 aliphatic heterocycles. The molecule has 2 unspecified atom stereocenters. The Labute approximate surface area is 77.6 Å². The fourth-order valence-corrected chi connectivity index (χ4v) is 2.06. The summed E-state index contributed by atoms with van der Waals surface area (Å²) in [5.41, 5.74) is 7.80. The van der Waals surface area contributed by atoms with E-state index >= 15 is 0 Å². The first-order valence-corrected chi connectivity index (χ1v) is 4.51. The highest BCUT2D eigenvalue weighted by Gasteiger charge is 2.40. The van der Waals surface area contributed by atoms with Gasteiger partial charge in [-0.2, -0.15) is 0 Å². The van der Waals surface area contributed by atoms with Crippen LogP contribution in [0.25, 0.3) is 0 Å². The summed E-state index contributed by atoms with van der Waals surface area (Å²) in [6.07, 6.45) is 4.49. The SMILES string of the molecule is CC1Cc2cnccc2C1(N)CO. The van der Waals surface area contributed by atoms with Crippen molar-refractivity contribution < 1.29 is 5.11 Å². The van der Waals surface area contributed by atoms with E-state index < -0.39 is 5.54 Å². The van der Waals surface area contributed by atoms with Gasteiger partial charge in [-0.3, -0.25) is 4.98 Å². The molecule has 0 fully saturated rings. The molecular formula is C10H14N2O. The molecule has 1 aliphatic carbocycles. The molecule has 0 saturated heterocycles. The molecule has 0 aromatic carbocycles. The second kappa shape index (κ2) is 2.79. The zero-order valence-corrected chi connectivity index (χ0v) is 7.70. The van der Waals surface area contributed by atoms with Crippen LogP contribution < -0.4 is 5.73 Å². The van der Waals surface area contributed by atoms with Crippen LogP contribution in [0.1, 0.15) is 18.1 Å². The molecule has 2 rings (SSSR count). The van der Waals surface area contributed by atoms with Gasteiger partial charge in [0.15, 0.2) is 0 Å². The van der Waals surface area contributed by atoms with Crippen LogP contribution in [-0.4, -0.2) is 16.7 Å². The van der Waals surface area contributed by atoms with Gasteiger partial charge in [0, 0.05) is 12.4 Å². The summed E-state index contributed by atoms with van der Waals surface area (Å²) in [6, 6.07) is 1.91. The number of fused-ring (bicyclic) bond motifs is 1. The molecule has 3 nitrogen and oxygen atoms in total. The van der Waals surface area contributed by atoms with Crippen LogP contribution in [0.4, 0.5) is 0 Å². The molecule has 3 N–H and O–H groups in total. The fraction of sp³-hybridized carbons (Fsp3) is 0.500. The predicted octanol–water partition coefficient (Wildman–Crippen LogP) is 0.420. The zero-order chi connectivity index (χ0) is 9.47. The van der Waals surface area contributed by atoms with E-state index in [1.165, 1.54) is 5.56 Å². The molecule has 0 amide bonds. The third-order valence-corrected chi connectivity index (χ3v) is 3.07. The number of hydrogen-bond donors (Lipinski definition) is 2. The third kappa shape index (κ3) is 1.08. The van der Waals surface area contributed by atoms with Crippen LogP contribution in [0, 0.1) is 5.92 Å². The molecule has 0 spiro atoms. The predicted molar refractivity (Wildman–Crippen MR) is 50.1 cm³/mol. The molecule has 2 atom stereocenters. The van der Waals surface area contributed by atoms with Gasteiger partial charge in [-0.1, -0.05) is 6.92 Å². The van der Waals surface area contributed by atoms with Crippen molar-refractivity contribution in [3.05, 3.63) is 29.6 Å². The number of aliphatic hydroxyl groups is 1. The number of aliphatic hydroxyl groups excluding tert-OH is 1. The lowest BCUT2D eigenvalue weighted by atomic mass is 9.87. The van der Waals surface area contributed by atoms with E-state index in [2.05, 4.69) is 11.9 Å². The standard InChI is InChI=1S/C10H14N2O/c1-7-4-8-5-12-3-2-9(8)10(7,11)6-13/h2-3,5,7,13H,4,6,11H2,1H3. The first kappa shape index (κ1) is 8.66. The fourth-order valence-electron chi connectivity index (χ4n) is 2.06. The Morgan fingerprint density at radius 1 is 1.77 bits per heavy atom. The van der Waals surface area contributed by atoms with E-state index in [-0.39, 0.29) is 12.5 Å². The van der Waals surface area contributed by atoms with Crippen molar-refractivity contribution in [3.8, 4) is 0 Å². The Balaban J connectivity index is 2.52. The van der Waals surface area contributed by atoms with Gasteiger partial charge in [-0.15, -0.1) is 0 Å². The second-order valence-electron chi connectivity index (χ2n) is 3.84. The summed E-state index contributed by atoms with van der Waals surface area (Å²) in [7, 11) is 0. The lowest BCUT2D eigenvalue weighted by molar-refractivity contribution is 0.159. The highest BCUT2D eigenvalue weighted by atomic mass is 16.3. The monoisotopic (exact) mass is 178 g/mol. The number of aromatic nitrogens is 1. The number of nitrogens with zero attached hydrogens (tertiary/aromatic N) is 1. The Morgan fingerprint density at radius 3 is 3.23 bits per heavy atom. The van der Waals surface area contributed by atoms with Gasteiger partial charge in [0.05, 0.1) is 12.1 Å². The molecule has 0 bridgehead atoms. The van der Waals surface area contributed by atoms with Crippen molar-refractivity contribution >= 4 is 0 Å². The van der Waals surface area contributed by atoms with Crippen molar-refractivity contribution in [2.24, 2.45) is 11.7 Å². The molecule has 70 valence electrons. The summed E-state index contributed by atoms with van der Waals surface area (Å²) in [6.45, 7) is 2.07. The molecule has 1 aliphatic rings. The highest BCUT2D eigenvalue weighted by molar-refractivity contribution is 5.37. The van der Waals surface area contributed by atoms with Crippen molar-refractivity contribution in [2.75, 3.05) is 6.61 Å². The molecular weight excluding hydrogens is 164 g/mol. The Hall–Kier alpha value is -0.930. The number of nitrogens with two attached hydrogens (primary N) is 1. The summed E-state index contributed by atoms with van der Waals surface area (Å²) >= 11 is 0. The van der Waals surface area contributed by atoms with Crippen molar-refractivity contribution in [3.63, 3.8) is 0 Å². The summed E-state index contributed by atoms with van der Waals surface area (Å²) in [5, 5.41) is 9.30. The maximum atomic E-state index is 9.30. The quantitative estimate of drug-likeness (QED) is 0.655. The zero-order valence-electron chi connectivity index (χ0n) is 7.70. The first-order valence-electron chi connectivity index (χ1n) is 4.51. The van der Waals surface area contributed by atoms with Gasteiger partial charge in [0.25, 0.3) is 0 Å². The Morgan fingerprint density at radius 2 is 2.54 bits per heavy atom. The summed E-state index contributed by atoms with van der Waals surface area (Å²) < 4.78 is 0. The first-order chi connectivity index (χ1) is 6.18. The molecule has 1 aromatic rings. The Bertz CT molecular complexity index is 326. The van der Waals surface area contributed by atoms with Gasteiger partial charge >= 0.3 is 0 Å². The van der Waals surface area contributed by atoms with Crippen LogP contribution >= 0.6 is 0 Å². The average molecular weight is 178 g/mol. The third-order valence-electron chi connectivity index (χ3n) is 3.07. The maximum absolute atomic E-state index is 9.30. The minimum absolute atomic E-state index is 0.00514. The maximum Gasteiger partial charge on any atom is 0.0677 e. The van der Waals surface area contributed by atoms with Crippen LogP contribution in [0.2, 0.25) is 0 Å². The van der Waals surface area contributed by atoms with Gasteiger partial charge in [0.2, 0.25) is 0 Å². The van der Waals surface area contributed by atoms with Gasteiger partial charge in [-0.05, 0) is 29.5 Å². The minimum Gasteiger partial charge on any atom is -0.394 e. The van der Waals surface area contributed by atoms with E-state index in [1.807, 2.05) is 12.3 Å². The van der Waals surface area contributed by atoms with Crippen LogP contribution in [-0.2, 0) is 12.0 Å². The molecule has 1 heterocycles. The smallest absolute Gasteiger partial charge is 0.0677 e. The van der Waals surface area contributed by atoms with E-state index in [9.17, 15) is 5.11 Å². The molecule has 13 heavy (non-hydrogen) atoms. The summed E-state index contributed by atoms with van der Waals surface area (Å²) in [4.78, 5) is 4.05. The van der Waals surface area contributed by atoms with Gasteiger partial charge < -0.3 is 10.8 Å². The van der Waals surface area contributed by atoms with E-state index in [0.29, 0.717) is 0 Å². The largest absolute Gasteiger partial charge is 0.394 e. The number of rotatable bonds is 1. The van der Waals surface area contributed by atoms with Gasteiger partial charge in [-0.25, -0.2) is 0 Å². The lowest BCUT2D eigenvalue weighted by Crippen LogP contribution is -2.43. The van der Waals surface area contributed by atoms with Crippen molar-refractivity contribution in [1.29, 1.82) is 0 Å². The molecule has 1 aromatic heterocycles. The highest BCUT2D eigenvalue weighted by Crippen LogP contribution is 2.38.